The first kappa shape index (κ1) is 23.4. The molecule has 4 nitrogen and oxygen atoms in total. The van der Waals surface area contributed by atoms with Crippen molar-refractivity contribution in [3.8, 4) is 0 Å². The number of carbonyl (C=O) groups is 2. The Kier molecular flexibility index (Phi) is 9.17. The van der Waals surface area contributed by atoms with Gasteiger partial charge >= 0.3 is 0 Å². The average molecular weight is 481 g/mol. The molecule has 0 aromatic heterocycles. The second-order valence-electron chi connectivity index (χ2n) is 7.11. The maximum absolute atomic E-state index is 13.0. The van der Waals surface area contributed by atoms with Crippen molar-refractivity contribution < 1.29 is 14.0 Å². The minimum Gasteiger partial charge on any atom is -0.352 e. The molecule has 2 amide bonds. The SMILES string of the molecule is CC(C)NC(=O)[C@H](C)N(Cc1ccc(Br)cc1)C(=O)CSCc1ccc(F)cc1. The van der Waals surface area contributed by atoms with Crippen LogP contribution in [-0.4, -0.2) is 34.6 Å². The van der Waals surface area contributed by atoms with Gasteiger partial charge in [0, 0.05) is 22.8 Å². The molecule has 0 heterocycles. The molecule has 0 aliphatic carbocycles. The number of nitrogens with one attached hydrogen (secondary N) is 1. The number of halogens is 2. The lowest BCUT2D eigenvalue weighted by Gasteiger charge is -2.29. The van der Waals surface area contributed by atoms with Crippen molar-refractivity contribution in [2.45, 2.75) is 45.2 Å². The average Bonchev–Trinajstić information content (AvgIpc) is 2.68. The lowest BCUT2D eigenvalue weighted by molar-refractivity contribution is -0.138. The first-order chi connectivity index (χ1) is 13.8. The molecule has 0 bridgehead atoms. The predicted molar refractivity (Wildman–Crippen MR) is 120 cm³/mol. The molecule has 2 aromatic carbocycles. The summed E-state index contributed by atoms with van der Waals surface area (Å²) >= 11 is 4.86. The van der Waals surface area contributed by atoms with E-state index in [9.17, 15) is 14.0 Å². The number of carbonyl (C=O) groups excluding carboxylic acids is 2. The minimum atomic E-state index is -0.583. The standard InChI is InChI=1S/C22H26BrFN2O2S/c1-15(2)25-22(28)16(3)26(12-17-4-8-19(23)9-5-17)21(27)14-29-13-18-6-10-20(24)11-7-18/h4-11,15-16H,12-14H2,1-3H3,(H,25,28)/t16-/m0/s1. The normalized spacial score (nSPS) is 11.9. The molecule has 0 aliphatic rings. The van der Waals surface area contributed by atoms with Crippen LogP contribution in [0.5, 0.6) is 0 Å². The summed E-state index contributed by atoms with van der Waals surface area (Å²) in [6, 6.07) is 13.4. The van der Waals surface area contributed by atoms with Crippen molar-refractivity contribution >= 4 is 39.5 Å². The lowest BCUT2D eigenvalue weighted by atomic mass is 10.1. The number of amides is 2. The number of nitrogens with zero attached hydrogens (tertiary/aromatic N) is 1. The Morgan fingerprint density at radius 3 is 2.21 bits per heavy atom. The summed E-state index contributed by atoms with van der Waals surface area (Å²) in [5.74, 6) is 0.290. The third-order valence-electron chi connectivity index (χ3n) is 4.27. The van der Waals surface area contributed by atoms with Crippen LogP contribution in [0.4, 0.5) is 4.39 Å². The topological polar surface area (TPSA) is 49.4 Å². The van der Waals surface area contributed by atoms with Crippen LogP contribution < -0.4 is 5.32 Å². The van der Waals surface area contributed by atoms with Crippen LogP contribution in [0.15, 0.2) is 53.0 Å². The molecule has 7 heteroatoms. The molecule has 0 saturated heterocycles. The number of hydrogen-bond acceptors (Lipinski definition) is 3. The number of benzene rings is 2. The van der Waals surface area contributed by atoms with E-state index in [-0.39, 0.29) is 29.4 Å². The van der Waals surface area contributed by atoms with Gasteiger partial charge in [-0.2, -0.15) is 0 Å². The third-order valence-corrected chi connectivity index (χ3v) is 5.79. The molecule has 0 fully saturated rings. The van der Waals surface area contributed by atoms with E-state index in [1.165, 1.54) is 23.9 Å². The van der Waals surface area contributed by atoms with Gasteiger partial charge in [0.15, 0.2) is 0 Å². The van der Waals surface area contributed by atoms with Crippen molar-refractivity contribution in [3.05, 3.63) is 69.9 Å². The highest BCUT2D eigenvalue weighted by molar-refractivity contribution is 9.10. The van der Waals surface area contributed by atoms with E-state index in [0.717, 1.165) is 15.6 Å². The van der Waals surface area contributed by atoms with Crippen molar-refractivity contribution in [2.24, 2.45) is 0 Å². The van der Waals surface area contributed by atoms with Crippen molar-refractivity contribution in [2.75, 3.05) is 5.75 Å². The lowest BCUT2D eigenvalue weighted by Crippen LogP contribution is -2.49. The maximum atomic E-state index is 13.0. The van der Waals surface area contributed by atoms with Gasteiger partial charge in [0.1, 0.15) is 11.9 Å². The highest BCUT2D eigenvalue weighted by Gasteiger charge is 2.26. The van der Waals surface area contributed by atoms with Crippen LogP contribution in [0.25, 0.3) is 0 Å². The van der Waals surface area contributed by atoms with Gasteiger partial charge in [-0.1, -0.05) is 40.2 Å². The van der Waals surface area contributed by atoms with E-state index in [0.29, 0.717) is 12.3 Å². The zero-order valence-corrected chi connectivity index (χ0v) is 19.2. The van der Waals surface area contributed by atoms with Gasteiger partial charge in [-0.25, -0.2) is 4.39 Å². The summed E-state index contributed by atoms with van der Waals surface area (Å²) < 4.78 is 14.0. The van der Waals surface area contributed by atoms with Crippen molar-refractivity contribution in [1.82, 2.24) is 10.2 Å². The van der Waals surface area contributed by atoms with Crippen LogP contribution in [-0.2, 0) is 21.9 Å². The molecular formula is C22H26BrFN2O2S. The van der Waals surface area contributed by atoms with E-state index >= 15 is 0 Å². The van der Waals surface area contributed by atoms with Gasteiger partial charge in [0.2, 0.25) is 11.8 Å². The van der Waals surface area contributed by atoms with Crippen LogP contribution in [0.1, 0.15) is 31.9 Å². The molecule has 1 atom stereocenters. The Labute approximate surface area is 184 Å². The summed E-state index contributed by atoms with van der Waals surface area (Å²) in [6.45, 7) is 5.89. The third kappa shape index (κ3) is 7.82. The van der Waals surface area contributed by atoms with Gasteiger partial charge in [-0.05, 0) is 56.2 Å². The van der Waals surface area contributed by atoms with E-state index < -0.39 is 6.04 Å². The molecular weight excluding hydrogens is 455 g/mol. The molecule has 0 aliphatic heterocycles. The highest BCUT2D eigenvalue weighted by Crippen LogP contribution is 2.18. The monoisotopic (exact) mass is 480 g/mol. The van der Waals surface area contributed by atoms with Gasteiger partial charge in [-0.15, -0.1) is 11.8 Å². The van der Waals surface area contributed by atoms with Crippen LogP contribution >= 0.6 is 27.7 Å². The Balaban J connectivity index is 2.05. The minimum absolute atomic E-state index is 0.00225. The van der Waals surface area contributed by atoms with Crippen LogP contribution in [0, 0.1) is 5.82 Å². The fourth-order valence-corrected chi connectivity index (χ4v) is 3.83. The van der Waals surface area contributed by atoms with Gasteiger partial charge in [-0.3, -0.25) is 9.59 Å². The van der Waals surface area contributed by atoms with Gasteiger partial charge in [0.05, 0.1) is 5.75 Å². The van der Waals surface area contributed by atoms with E-state index in [1.807, 2.05) is 38.1 Å². The highest BCUT2D eigenvalue weighted by atomic mass is 79.9. The first-order valence-corrected chi connectivity index (χ1v) is 11.4. The molecule has 0 spiro atoms. The molecule has 29 heavy (non-hydrogen) atoms. The number of rotatable bonds is 9. The van der Waals surface area contributed by atoms with Crippen LogP contribution in [0.2, 0.25) is 0 Å². The van der Waals surface area contributed by atoms with Gasteiger partial charge < -0.3 is 10.2 Å². The fourth-order valence-electron chi connectivity index (χ4n) is 2.69. The Hall–Kier alpha value is -1.86. The second-order valence-corrected chi connectivity index (χ2v) is 9.01. The number of hydrogen-bond donors (Lipinski definition) is 1. The van der Waals surface area contributed by atoms with Crippen molar-refractivity contribution in [3.63, 3.8) is 0 Å². The largest absolute Gasteiger partial charge is 0.352 e. The summed E-state index contributed by atoms with van der Waals surface area (Å²) in [4.78, 5) is 27.1. The zero-order chi connectivity index (χ0) is 21.4. The maximum Gasteiger partial charge on any atom is 0.242 e. The van der Waals surface area contributed by atoms with E-state index in [1.54, 1.807) is 24.0 Å². The molecule has 2 rings (SSSR count). The first-order valence-electron chi connectivity index (χ1n) is 9.42. The summed E-state index contributed by atoms with van der Waals surface area (Å²) in [5.41, 5.74) is 1.91. The number of thioether (sulfide) groups is 1. The predicted octanol–water partition coefficient (Wildman–Crippen LogP) is 4.76. The molecule has 2 aromatic rings. The van der Waals surface area contributed by atoms with Gasteiger partial charge in [0.25, 0.3) is 0 Å². The quantitative estimate of drug-likeness (QED) is 0.562. The molecule has 0 unspecified atom stereocenters. The Morgan fingerprint density at radius 2 is 1.62 bits per heavy atom. The second kappa shape index (κ2) is 11.4. The van der Waals surface area contributed by atoms with Crippen molar-refractivity contribution in [1.29, 1.82) is 0 Å². The summed E-state index contributed by atoms with van der Waals surface area (Å²) in [6.07, 6.45) is 0. The fraction of sp³-hybridized carbons (Fsp3) is 0.364. The van der Waals surface area contributed by atoms with E-state index in [4.69, 9.17) is 0 Å². The smallest absolute Gasteiger partial charge is 0.242 e. The molecule has 0 saturated carbocycles. The summed E-state index contributed by atoms with van der Waals surface area (Å²) in [7, 11) is 0. The Bertz CT molecular complexity index is 813. The van der Waals surface area contributed by atoms with E-state index in [2.05, 4.69) is 21.2 Å². The molecule has 156 valence electrons. The van der Waals surface area contributed by atoms with Crippen LogP contribution in [0.3, 0.4) is 0 Å². The molecule has 0 radical (unpaired) electrons. The zero-order valence-electron chi connectivity index (χ0n) is 16.8. The Morgan fingerprint density at radius 1 is 1.03 bits per heavy atom. The molecule has 1 N–H and O–H groups in total. The summed E-state index contributed by atoms with van der Waals surface area (Å²) in [5, 5.41) is 2.88.